The molecule has 1 saturated heterocycles. The van der Waals surface area contributed by atoms with Crippen LogP contribution in [0.25, 0.3) is 0 Å². The number of phosphoric acid groups is 1. The molecule has 3 atom stereocenters. The third kappa shape index (κ3) is 18.5. The van der Waals surface area contributed by atoms with E-state index in [9.17, 15) is 9.46 Å². The molecule has 1 unspecified atom stereocenters. The third-order valence-corrected chi connectivity index (χ3v) is 8.28. The number of unbranched alkanes of at least 4 members (excludes halogenated alkanes) is 14. The number of hydrogen-bond donors (Lipinski definition) is 1. The van der Waals surface area contributed by atoms with E-state index in [1.807, 2.05) is 21.7 Å². The second-order valence-electron chi connectivity index (χ2n) is 9.97. The number of aryl methyl sites for hydroxylation is 1. The Bertz CT molecular complexity index is 680. The molecule has 0 aromatic carbocycles. The molecule has 8 nitrogen and oxygen atoms in total. The smallest absolute Gasteiger partial charge is 0.472 e. The summed E-state index contributed by atoms with van der Waals surface area (Å²) in [5.74, 6) is 0. The van der Waals surface area contributed by atoms with E-state index in [0.717, 1.165) is 19.4 Å². The van der Waals surface area contributed by atoms with Gasteiger partial charge in [0.1, 0.15) is 6.10 Å². The zero-order chi connectivity index (χ0) is 25.7. The van der Waals surface area contributed by atoms with Gasteiger partial charge in [0.15, 0.2) is 19.0 Å². The Morgan fingerprint density at radius 3 is 2.08 bits per heavy atom. The highest BCUT2D eigenvalue weighted by Crippen LogP contribution is 2.43. The Kier molecular flexibility index (Phi) is 21.0. The van der Waals surface area contributed by atoms with Crippen molar-refractivity contribution >= 4 is 19.2 Å². The lowest BCUT2D eigenvalue weighted by Crippen LogP contribution is -2.30. The normalized spacial score (nSPS) is 19.1. The number of rotatable bonds is 24. The summed E-state index contributed by atoms with van der Waals surface area (Å²) in [5, 5.41) is 1.98. The first kappa shape index (κ1) is 34.6. The predicted octanol–water partition coefficient (Wildman–Crippen LogP) is 7.39. The summed E-state index contributed by atoms with van der Waals surface area (Å²) in [7, 11) is -4.07. The standard InChI is InChI=1S/C27H50NO6PS.H2O/c1-2-3-4-5-6-7-8-9-10-11-12-13-14-15-16-18-27-31-23-26(34-27)24-33-35(29,30)32-21-17-19-28-20-22-36-25-28;/h20,22,25-27H,2-19,21,23-24H2,1H3;1H2/t26-,27+;/m0./s1. The molecular formula is C27H52NO7PS. The maximum atomic E-state index is 12.1. The van der Waals surface area contributed by atoms with Crippen molar-refractivity contribution in [3.8, 4) is 0 Å². The van der Waals surface area contributed by atoms with Crippen LogP contribution in [-0.4, -0.2) is 42.6 Å². The van der Waals surface area contributed by atoms with Crippen molar-refractivity contribution in [1.82, 2.24) is 0 Å². The van der Waals surface area contributed by atoms with Crippen molar-refractivity contribution in [3.05, 3.63) is 17.1 Å². The lowest BCUT2D eigenvalue weighted by molar-refractivity contribution is -0.692. The van der Waals surface area contributed by atoms with E-state index < -0.39 is 7.82 Å². The van der Waals surface area contributed by atoms with Crippen molar-refractivity contribution in [3.63, 3.8) is 0 Å². The fourth-order valence-electron chi connectivity index (χ4n) is 4.46. The molecule has 0 saturated carbocycles. The van der Waals surface area contributed by atoms with E-state index in [1.165, 1.54) is 89.9 Å². The monoisotopic (exact) mass is 565 g/mol. The molecule has 2 N–H and O–H groups in total. The van der Waals surface area contributed by atoms with Gasteiger partial charge in [-0.3, -0.25) is 9.05 Å². The van der Waals surface area contributed by atoms with E-state index in [4.69, 9.17) is 18.5 Å². The third-order valence-electron chi connectivity index (χ3n) is 6.62. The predicted molar refractivity (Wildman–Crippen MR) is 147 cm³/mol. The molecule has 0 radical (unpaired) electrons. The van der Waals surface area contributed by atoms with Crippen LogP contribution >= 0.6 is 19.2 Å². The molecule has 0 amide bonds. The van der Waals surface area contributed by atoms with Gasteiger partial charge in [-0.15, -0.1) is 0 Å². The molecule has 2 heterocycles. The molecular weight excluding hydrogens is 513 g/mol. The van der Waals surface area contributed by atoms with E-state index in [2.05, 4.69) is 6.92 Å². The molecule has 0 aliphatic carbocycles. The highest BCUT2D eigenvalue weighted by Gasteiger charge is 2.29. The van der Waals surface area contributed by atoms with Crippen molar-refractivity contribution in [2.45, 2.75) is 135 Å². The minimum Gasteiger partial charge on any atom is -0.870 e. The van der Waals surface area contributed by atoms with Crippen LogP contribution in [0, 0.1) is 0 Å². The van der Waals surface area contributed by atoms with Gasteiger partial charge >= 0.3 is 7.82 Å². The van der Waals surface area contributed by atoms with Gasteiger partial charge in [-0.2, -0.15) is 4.57 Å². The summed E-state index contributed by atoms with van der Waals surface area (Å²) in [6.07, 6.45) is 23.1. The van der Waals surface area contributed by atoms with E-state index in [-0.39, 0.29) is 31.1 Å². The molecule has 37 heavy (non-hydrogen) atoms. The Balaban J connectivity index is 0.00000684. The first-order chi connectivity index (χ1) is 17.6. The van der Waals surface area contributed by atoms with Crippen LogP contribution in [0.1, 0.15) is 116 Å². The molecule has 0 spiro atoms. The minimum atomic E-state index is -4.07. The van der Waals surface area contributed by atoms with Crippen molar-refractivity contribution in [2.24, 2.45) is 0 Å². The van der Waals surface area contributed by atoms with Gasteiger partial charge in [0.25, 0.3) is 0 Å². The largest absolute Gasteiger partial charge is 0.870 e. The topological polar surface area (TPSA) is 108 Å². The number of nitrogens with zero attached hydrogens (tertiary/aromatic N) is 1. The van der Waals surface area contributed by atoms with Crippen LogP contribution < -0.4 is 4.57 Å². The van der Waals surface area contributed by atoms with Gasteiger partial charge in [-0.25, -0.2) is 4.57 Å². The first-order valence-electron chi connectivity index (χ1n) is 14.4. The number of hydrogen-bond acceptors (Lipinski definition) is 7. The number of phosphoric ester groups is 1. The average molecular weight is 566 g/mol. The Morgan fingerprint density at radius 2 is 1.51 bits per heavy atom. The van der Waals surface area contributed by atoms with E-state index in [0.29, 0.717) is 13.0 Å². The van der Waals surface area contributed by atoms with E-state index in [1.54, 1.807) is 11.3 Å². The van der Waals surface area contributed by atoms with Crippen LogP contribution in [0.15, 0.2) is 17.1 Å². The number of ether oxygens (including phenoxy) is 2. The average Bonchev–Trinajstić information content (AvgIpc) is 3.55. The molecule has 1 fully saturated rings. The molecule has 1 aromatic rings. The summed E-state index contributed by atoms with van der Waals surface area (Å²) in [4.78, 5) is 9.86. The van der Waals surface area contributed by atoms with Crippen LogP contribution in [0.2, 0.25) is 0 Å². The van der Waals surface area contributed by atoms with Crippen molar-refractivity contribution in [1.29, 1.82) is 0 Å². The van der Waals surface area contributed by atoms with Gasteiger partial charge < -0.3 is 19.8 Å². The fraction of sp³-hybridized carbons (Fsp3) is 0.889. The Labute approximate surface area is 229 Å². The summed E-state index contributed by atoms with van der Waals surface area (Å²) in [6.45, 7) is 3.57. The molecule has 2 rings (SSSR count). The van der Waals surface area contributed by atoms with Crippen molar-refractivity contribution < 1.29 is 38.0 Å². The van der Waals surface area contributed by atoms with Gasteiger partial charge in [0.2, 0.25) is 5.51 Å². The number of aromatic nitrogens is 1. The molecule has 10 heteroatoms. The molecule has 0 bridgehead atoms. The van der Waals surface area contributed by atoms with Crippen LogP contribution in [0.3, 0.4) is 0 Å². The van der Waals surface area contributed by atoms with Gasteiger partial charge in [0, 0.05) is 6.42 Å². The summed E-state index contributed by atoms with van der Waals surface area (Å²) >= 11 is 1.61. The minimum absolute atomic E-state index is 0. The fourth-order valence-corrected chi connectivity index (χ4v) is 5.88. The Hall–Kier alpha value is -0.380. The maximum absolute atomic E-state index is 12.1. The Morgan fingerprint density at radius 1 is 0.919 bits per heavy atom. The molecule has 1 aliphatic heterocycles. The highest BCUT2D eigenvalue weighted by atomic mass is 32.1. The van der Waals surface area contributed by atoms with Crippen LogP contribution in [-0.2, 0) is 29.6 Å². The second-order valence-corrected chi connectivity index (χ2v) is 12.2. The molecule has 1 aliphatic rings. The summed E-state index contributed by atoms with van der Waals surface area (Å²) in [5.41, 5.74) is 1.99. The lowest BCUT2D eigenvalue weighted by atomic mass is 10.0. The SMILES string of the molecule is CCCCCCCCCCCCCCCCC[C@@H]1OC[C@@H](COP(=O)(O)OCCC[n+]2ccsc2)O1.[OH-]. The molecule has 1 aromatic heterocycles. The van der Waals surface area contributed by atoms with Crippen molar-refractivity contribution in [2.75, 3.05) is 19.8 Å². The van der Waals surface area contributed by atoms with E-state index >= 15 is 0 Å². The summed E-state index contributed by atoms with van der Waals surface area (Å²) < 4.78 is 35.7. The summed E-state index contributed by atoms with van der Waals surface area (Å²) in [6, 6.07) is 0. The second kappa shape index (κ2) is 22.4. The van der Waals surface area contributed by atoms with Gasteiger partial charge in [-0.05, 0) is 12.8 Å². The zero-order valence-corrected chi connectivity index (χ0v) is 24.7. The van der Waals surface area contributed by atoms with Crippen LogP contribution in [0.5, 0.6) is 0 Å². The van der Waals surface area contributed by atoms with Gasteiger partial charge in [-0.1, -0.05) is 108 Å². The van der Waals surface area contributed by atoms with Crippen LogP contribution in [0.4, 0.5) is 0 Å². The van der Waals surface area contributed by atoms with Gasteiger partial charge in [0.05, 0.1) is 25.2 Å². The highest BCUT2D eigenvalue weighted by molar-refractivity contribution is 7.47. The molecule has 218 valence electrons. The lowest BCUT2D eigenvalue weighted by Gasteiger charge is -2.15. The number of thiazole rings is 1. The zero-order valence-electron chi connectivity index (χ0n) is 23.0. The maximum Gasteiger partial charge on any atom is 0.472 e. The quantitative estimate of drug-likeness (QED) is 0.0791. The first-order valence-corrected chi connectivity index (χ1v) is 16.8.